The van der Waals surface area contributed by atoms with Gasteiger partial charge in [0, 0.05) is 10.4 Å². The lowest BCUT2D eigenvalue weighted by Gasteiger charge is -2.20. The highest BCUT2D eigenvalue weighted by molar-refractivity contribution is 7.10. The van der Waals surface area contributed by atoms with Crippen LogP contribution >= 0.6 is 22.7 Å². The van der Waals surface area contributed by atoms with Gasteiger partial charge in [-0.15, -0.1) is 11.3 Å². The van der Waals surface area contributed by atoms with Crippen molar-refractivity contribution < 1.29 is 14.1 Å². The molecule has 25 heavy (non-hydrogen) atoms. The fourth-order valence-corrected chi connectivity index (χ4v) is 4.19. The van der Waals surface area contributed by atoms with Crippen LogP contribution < -0.4 is 10.2 Å². The van der Waals surface area contributed by atoms with Gasteiger partial charge in [-0.05, 0) is 46.0 Å². The number of quaternary nitrogens is 1. The zero-order valence-corrected chi connectivity index (χ0v) is 15.5. The number of likely N-dealkylation sites (N-methyl/N-ethyl adjacent to an activating group) is 1. The van der Waals surface area contributed by atoms with E-state index >= 15 is 0 Å². The maximum atomic E-state index is 13.2. The second-order valence-electron chi connectivity index (χ2n) is 6.01. The SMILES string of the molecule is C[NH+](CC(=O)N[C@H](c1ccc(F)cc1)c1cccs1)Cc1ccsc1. The number of benzene rings is 1. The molecule has 0 saturated heterocycles. The van der Waals surface area contributed by atoms with Gasteiger partial charge in [0.1, 0.15) is 12.4 Å². The highest BCUT2D eigenvalue weighted by Crippen LogP contribution is 2.26. The molecule has 1 amide bonds. The zero-order valence-electron chi connectivity index (χ0n) is 13.9. The number of carbonyl (C=O) groups excluding carboxylic acids is 1. The molecule has 0 bridgehead atoms. The van der Waals surface area contributed by atoms with Gasteiger partial charge in [-0.2, -0.15) is 11.3 Å². The van der Waals surface area contributed by atoms with Gasteiger partial charge in [0.2, 0.25) is 0 Å². The van der Waals surface area contributed by atoms with Crippen LogP contribution in [0.5, 0.6) is 0 Å². The molecule has 0 fully saturated rings. The van der Waals surface area contributed by atoms with Gasteiger partial charge in [0.25, 0.3) is 5.91 Å². The summed E-state index contributed by atoms with van der Waals surface area (Å²) in [5.74, 6) is -0.296. The third-order valence-electron chi connectivity index (χ3n) is 3.88. The minimum Gasteiger partial charge on any atom is -0.339 e. The number of rotatable bonds is 7. The van der Waals surface area contributed by atoms with Gasteiger partial charge < -0.3 is 10.2 Å². The van der Waals surface area contributed by atoms with Crippen molar-refractivity contribution in [2.45, 2.75) is 12.6 Å². The Morgan fingerprint density at radius 2 is 2.00 bits per heavy atom. The molecule has 3 nitrogen and oxygen atoms in total. The molecule has 0 radical (unpaired) electrons. The molecule has 3 aromatic rings. The lowest BCUT2D eigenvalue weighted by molar-refractivity contribution is -0.885. The topological polar surface area (TPSA) is 33.5 Å². The van der Waals surface area contributed by atoms with Crippen LogP contribution in [0, 0.1) is 5.82 Å². The number of amides is 1. The van der Waals surface area contributed by atoms with E-state index in [0.717, 1.165) is 21.9 Å². The summed E-state index contributed by atoms with van der Waals surface area (Å²) in [5.41, 5.74) is 2.12. The number of halogens is 1. The molecule has 0 saturated carbocycles. The average Bonchev–Trinajstić information content (AvgIpc) is 3.27. The number of carbonyl (C=O) groups is 1. The minimum absolute atomic E-state index is 0.0181. The Balaban J connectivity index is 1.67. The van der Waals surface area contributed by atoms with Crippen molar-refractivity contribution in [1.29, 1.82) is 0 Å². The number of hydrogen-bond donors (Lipinski definition) is 2. The molecule has 6 heteroatoms. The number of nitrogens with one attached hydrogen (secondary N) is 2. The minimum atomic E-state index is -0.278. The van der Waals surface area contributed by atoms with Crippen LogP contribution in [-0.2, 0) is 11.3 Å². The predicted octanol–water partition coefficient (Wildman–Crippen LogP) is 2.87. The summed E-state index contributed by atoms with van der Waals surface area (Å²) in [4.78, 5) is 14.7. The van der Waals surface area contributed by atoms with E-state index < -0.39 is 0 Å². The molecule has 2 aromatic heterocycles. The summed E-state index contributed by atoms with van der Waals surface area (Å²) < 4.78 is 13.2. The Labute approximate surface area is 154 Å². The maximum absolute atomic E-state index is 13.2. The largest absolute Gasteiger partial charge is 0.339 e. The van der Waals surface area contributed by atoms with E-state index in [1.165, 1.54) is 17.7 Å². The smallest absolute Gasteiger partial charge is 0.275 e. The van der Waals surface area contributed by atoms with Crippen molar-refractivity contribution in [1.82, 2.24) is 5.32 Å². The second-order valence-corrected chi connectivity index (χ2v) is 7.77. The molecule has 3 rings (SSSR count). The van der Waals surface area contributed by atoms with Crippen LogP contribution in [0.25, 0.3) is 0 Å². The quantitative estimate of drug-likeness (QED) is 0.654. The standard InChI is InChI=1S/C19H19FN2OS2/c1-22(11-14-8-10-24-13-14)12-18(23)21-19(17-3-2-9-25-17)15-4-6-16(20)7-5-15/h2-10,13,19H,11-12H2,1H3,(H,21,23)/p+1/t19-/m1/s1. The fraction of sp³-hybridized carbons (Fsp3) is 0.211. The van der Waals surface area contributed by atoms with Crippen molar-refractivity contribution in [3.05, 3.63) is 80.4 Å². The summed E-state index contributed by atoms with van der Waals surface area (Å²) in [7, 11) is 2.01. The molecule has 1 aromatic carbocycles. The van der Waals surface area contributed by atoms with Crippen molar-refractivity contribution in [3.8, 4) is 0 Å². The van der Waals surface area contributed by atoms with Crippen LogP contribution in [-0.4, -0.2) is 19.5 Å². The monoisotopic (exact) mass is 375 g/mol. The van der Waals surface area contributed by atoms with Gasteiger partial charge in [-0.3, -0.25) is 4.79 Å². The normalized spacial score (nSPS) is 13.4. The highest BCUT2D eigenvalue weighted by atomic mass is 32.1. The summed E-state index contributed by atoms with van der Waals surface area (Å²) >= 11 is 3.25. The molecular weight excluding hydrogens is 355 g/mol. The molecule has 0 aliphatic carbocycles. The van der Waals surface area contributed by atoms with Crippen molar-refractivity contribution in [2.24, 2.45) is 0 Å². The van der Waals surface area contributed by atoms with Crippen molar-refractivity contribution in [3.63, 3.8) is 0 Å². The van der Waals surface area contributed by atoms with Gasteiger partial charge in [0.05, 0.1) is 13.1 Å². The Morgan fingerprint density at radius 1 is 1.20 bits per heavy atom. The summed E-state index contributed by atoms with van der Waals surface area (Å²) in [5, 5.41) is 9.23. The zero-order chi connectivity index (χ0) is 17.6. The molecule has 0 aliphatic heterocycles. The van der Waals surface area contributed by atoms with E-state index in [0.29, 0.717) is 6.54 Å². The first kappa shape index (κ1) is 17.8. The third-order valence-corrected chi connectivity index (χ3v) is 5.55. The van der Waals surface area contributed by atoms with E-state index in [-0.39, 0.29) is 17.8 Å². The Hall–Kier alpha value is -2.02. The van der Waals surface area contributed by atoms with E-state index in [2.05, 4.69) is 16.8 Å². The van der Waals surface area contributed by atoms with Gasteiger partial charge in [-0.25, -0.2) is 4.39 Å². The number of thiophene rings is 2. The second kappa shape index (κ2) is 8.38. The Kier molecular flexibility index (Phi) is 5.96. The van der Waals surface area contributed by atoms with Crippen LogP contribution in [0.4, 0.5) is 4.39 Å². The molecule has 1 unspecified atom stereocenters. The molecule has 0 aliphatic rings. The summed E-state index contributed by atoms with van der Waals surface area (Å²) in [6, 6.07) is 12.1. The van der Waals surface area contributed by atoms with Crippen LogP contribution in [0.15, 0.2) is 58.6 Å². The van der Waals surface area contributed by atoms with E-state index in [1.54, 1.807) is 34.8 Å². The molecule has 130 valence electrons. The first-order chi connectivity index (χ1) is 12.1. The van der Waals surface area contributed by atoms with Gasteiger partial charge in [0.15, 0.2) is 6.54 Å². The highest BCUT2D eigenvalue weighted by Gasteiger charge is 2.20. The number of hydrogen-bond acceptors (Lipinski definition) is 3. The van der Waals surface area contributed by atoms with Crippen molar-refractivity contribution >= 4 is 28.6 Å². The lowest BCUT2D eigenvalue weighted by atomic mass is 10.1. The predicted molar refractivity (Wildman–Crippen MR) is 100 cm³/mol. The third kappa shape index (κ3) is 4.98. The van der Waals surface area contributed by atoms with Gasteiger partial charge in [-0.1, -0.05) is 18.2 Å². The first-order valence-corrected chi connectivity index (χ1v) is 9.84. The Bertz CT molecular complexity index is 785. The van der Waals surface area contributed by atoms with Crippen LogP contribution in [0.2, 0.25) is 0 Å². The molecule has 2 N–H and O–H groups in total. The van der Waals surface area contributed by atoms with Gasteiger partial charge >= 0.3 is 0 Å². The van der Waals surface area contributed by atoms with Crippen molar-refractivity contribution in [2.75, 3.05) is 13.6 Å². The first-order valence-electron chi connectivity index (χ1n) is 8.02. The molecule has 2 heterocycles. The summed E-state index contributed by atoms with van der Waals surface area (Å²) in [6.07, 6.45) is 0. The van der Waals surface area contributed by atoms with E-state index in [4.69, 9.17) is 0 Å². The maximum Gasteiger partial charge on any atom is 0.275 e. The molecule has 2 atom stereocenters. The average molecular weight is 376 g/mol. The molecule has 0 spiro atoms. The summed E-state index contributed by atoms with van der Waals surface area (Å²) in [6.45, 7) is 1.20. The van der Waals surface area contributed by atoms with E-state index in [9.17, 15) is 9.18 Å². The lowest BCUT2D eigenvalue weighted by Crippen LogP contribution is -3.08. The van der Waals surface area contributed by atoms with E-state index in [1.807, 2.05) is 29.9 Å². The Morgan fingerprint density at radius 3 is 2.64 bits per heavy atom. The molecular formula is C19H20FN2OS2+. The fourth-order valence-electron chi connectivity index (χ4n) is 2.72. The van der Waals surface area contributed by atoms with Crippen LogP contribution in [0.3, 0.4) is 0 Å². The van der Waals surface area contributed by atoms with Crippen LogP contribution in [0.1, 0.15) is 22.0 Å².